The van der Waals surface area contributed by atoms with E-state index < -0.39 is 0 Å². The summed E-state index contributed by atoms with van der Waals surface area (Å²) >= 11 is 5.81. The number of amides is 2. The van der Waals surface area contributed by atoms with Gasteiger partial charge in [-0.3, -0.25) is 14.3 Å². The molecule has 1 unspecified atom stereocenters. The molecule has 1 N–H and O–H groups in total. The summed E-state index contributed by atoms with van der Waals surface area (Å²) in [6.07, 6.45) is 4.27. The van der Waals surface area contributed by atoms with E-state index in [1.54, 1.807) is 28.9 Å². The highest BCUT2D eigenvalue weighted by Crippen LogP contribution is 2.33. The molecule has 2 amide bonds. The van der Waals surface area contributed by atoms with Crippen LogP contribution in [0.4, 0.5) is 5.69 Å². The molecule has 0 fully saturated rings. The lowest BCUT2D eigenvalue weighted by atomic mass is 9.96. The molecule has 2 heterocycles. The van der Waals surface area contributed by atoms with Crippen LogP contribution in [0.25, 0.3) is 0 Å². The number of carbonyl (C=O) groups excluding carboxylic acids is 2. The predicted molar refractivity (Wildman–Crippen MR) is 91.8 cm³/mol. The van der Waals surface area contributed by atoms with Gasteiger partial charge in [-0.15, -0.1) is 0 Å². The number of aromatic nitrogens is 2. The molecule has 1 aromatic carbocycles. The van der Waals surface area contributed by atoms with Crippen LogP contribution >= 0.6 is 11.6 Å². The Hall–Kier alpha value is -2.34. The second-order valence-corrected chi connectivity index (χ2v) is 6.25. The van der Waals surface area contributed by atoms with Crippen molar-refractivity contribution in [2.75, 3.05) is 11.4 Å². The van der Waals surface area contributed by atoms with Crippen LogP contribution in [0.5, 0.6) is 0 Å². The lowest BCUT2D eigenvalue weighted by Crippen LogP contribution is -2.40. The van der Waals surface area contributed by atoms with Gasteiger partial charge in [0.1, 0.15) is 0 Å². The number of para-hydroxylation sites is 1. The summed E-state index contributed by atoms with van der Waals surface area (Å²) < 4.78 is 1.65. The molecule has 24 heavy (non-hydrogen) atoms. The summed E-state index contributed by atoms with van der Waals surface area (Å²) in [7, 11) is 0. The van der Waals surface area contributed by atoms with E-state index in [4.69, 9.17) is 11.6 Å². The van der Waals surface area contributed by atoms with Gasteiger partial charge < -0.3 is 10.2 Å². The van der Waals surface area contributed by atoms with Gasteiger partial charge in [-0.05, 0) is 18.1 Å². The van der Waals surface area contributed by atoms with Gasteiger partial charge in [0, 0.05) is 38.3 Å². The Morgan fingerprint density at radius 1 is 1.38 bits per heavy atom. The summed E-state index contributed by atoms with van der Waals surface area (Å²) in [5.41, 5.74) is 1.86. The molecule has 126 valence electrons. The van der Waals surface area contributed by atoms with Gasteiger partial charge in [0.05, 0.1) is 17.3 Å². The van der Waals surface area contributed by atoms with Gasteiger partial charge in [0.25, 0.3) is 0 Å². The first-order chi connectivity index (χ1) is 11.5. The van der Waals surface area contributed by atoms with Crippen LogP contribution in [0.15, 0.2) is 36.7 Å². The van der Waals surface area contributed by atoms with Gasteiger partial charge in [0.2, 0.25) is 11.8 Å². The zero-order valence-corrected chi connectivity index (χ0v) is 14.2. The summed E-state index contributed by atoms with van der Waals surface area (Å²) in [4.78, 5) is 25.8. The molecule has 1 aromatic heterocycles. The largest absolute Gasteiger partial charge is 0.349 e. The number of aryl methyl sites for hydroxylation is 1. The number of nitrogens with one attached hydrogen (secondary N) is 1. The number of hydrogen-bond donors (Lipinski definition) is 1. The topological polar surface area (TPSA) is 67.2 Å². The average Bonchev–Trinajstić information content (AvgIpc) is 2.98. The SMILES string of the molecule is CC(=O)N1CCC(NC(=O)CCn2cc(Cl)cn2)c2ccccc21. The zero-order chi connectivity index (χ0) is 17.1. The molecule has 2 aromatic rings. The summed E-state index contributed by atoms with van der Waals surface area (Å²) in [5, 5.41) is 7.68. The predicted octanol–water partition coefficient (Wildman–Crippen LogP) is 2.54. The maximum Gasteiger partial charge on any atom is 0.223 e. The van der Waals surface area contributed by atoms with Crippen molar-refractivity contribution in [3.8, 4) is 0 Å². The molecule has 0 bridgehead atoms. The number of nitrogens with zero attached hydrogens (tertiary/aromatic N) is 3. The molecule has 0 saturated heterocycles. The van der Waals surface area contributed by atoms with Crippen LogP contribution in [0.1, 0.15) is 31.4 Å². The molecule has 0 aliphatic carbocycles. The molecule has 6 nitrogen and oxygen atoms in total. The van der Waals surface area contributed by atoms with E-state index in [9.17, 15) is 9.59 Å². The van der Waals surface area contributed by atoms with E-state index in [0.717, 1.165) is 11.3 Å². The maximum atomic E-state index is 12.3. The van der Waals surface area contributed by atoms with E-state index in [1.807, 2.05) is 24.3 Å². The van der Waals surface area contributed by atoms with Crippen molar-refractivity contribution in [3.05, 3.63) is 47.2 Å². The Bertz CT molecular complexity index is 759. The summed E-state index contributed by atoms with van der Waals surface area (Å²) in [6, 6.07) is 7.63. The number of hydrogen-bond acceptors (Lipinski definition) is 3. The second-order valence-electron chi connectivity index (χ2n) is 5.81. The molecular weight excluding hydrogens is 328 g/mol. The third-order valence-electron chi connectivity index (χ3n) is 4.13. The lowest BCUT2D eigenvalue weighted by molar-refractivity contribution is -0.122. The number of benzene rings is 1. The van der Waals surface area contributed by atoms with E-state index in [1.165, 1.54) is 0 Å². The standard InChI is InChI=1S/C17H19ClN4O2/c1-12(23)22-9-6-15(14-4-2-3-5-16(14)22)20-17(24)7-8-21-11-13(18)10-19-21/h2-5,10-11,15H,6-9H2,1H3,(H,20,24). The van der Waals surface area contributed by atoms with Gasteiger partial charge >= 0.3 is 0 Å². The Balaban J connectivity index is 1.65. The first-order valence-corrected chi connectivity index (χ1v) is 8.27. The zero-order valence-electron chi connectivity index (χ0n) is 13.4. The van der Waals surface area contributed by atoms with E-state index >= 15 is 0 Å². The van der Waals surface area contributed by atoms with Crippen LogP contribution in [0.2, 0.25) is 5.02 Å². The Morgan fingerprint density at radius 3 is 2.88 bits per heavy atom. The molecule has 3 rings (SSSR count). The Morgan fingerprint density at radius 2 is 2.17 bits per heavy atom. The highest BCUT2D eigenvalue weighted by atomic mass is 35.5. The number of rotatable bonds is 4. The first kappa shape index (κ1) is 16.5. The highest BCUT2D eigenvalue weighted by Gasteiger charge is 2.27. The molecule has 0 spiro atoms. The van der Waals surface area contributed by atoms with Crippen LogP contribution in [0, 0.1) is 0 Å². The van der Waals surface area contributed by atoms with Crippen LogP contribution < -0.4 is 10.2 Å². The van der Waals surface area contributed by atoms with Crippen molar-refractivity contribution in [1.82, 2.24) is 15.1 Å². The molecular formula is C17H19ClN4O2. The average molecular weight is 347 g/mol. The van der Waals surface area contributed by atoms with Gasteiger partial charge in [-0.1, -0.05) is 29.8 Å². The van der Waals surface area contributed by atoms with Crippen LogP contribution in [0.3, 0.4) is 0 Å². The normalized spacial score (nSPS) is 16.6. The van der Waals surface area contributed by atoms with E-state index in [-0.39, 0.29) is 17.9 Å². The smallest absolute Gasteiger partial charge is 0.223 e. The van der Waals surface area contributed by atoms with Crippen molar-refractivity contribution in [2.45, 2.75) is 32.4 Å². The molecule has 0 radical (unpaired) electrons. The van der Waals surface area contributed by atoms with E-state index in [0.29, 0.717) is 31.0 Å². The van der Waals surface area contributed by atoms with Crippen molar-refractivity contribution in [2.24, 2.45) is 0 Å². The van der Waals surface area contributed by atoms with Crippen LogP contribution in [-0.2, 0) is 16.1 Å². The number of fused-ring (bicyclic) bond motifs is 1. The highest BCUT2D eigenvalue weighted by molar-refractivity contribution is 6.30. The Labute approximate surface area is 145 Å². The number of anilines is 1. The summed E-state index contributed by atoms with van der Waals surface area (Å²) in [6.45, 7) is 2.64. The lowest BCUT2D eigenvalue weighted by Gasteiger charge is -2.34. The fraction of sp³-hybridized carbons (Fsp3) is 0.353. The number of halogens is 1. The fourth-order valence-corrected chi connectivity index (χ4v) is 3.14. The molecule has 7 heteroatoms. The van der Waals surface area contributed by atoms with Gasteiger partial charge in [-0.25, -0.2) is 0 Å². The molecule has 0 saturated carbocycles. The van der Waals surface area contributed by atoms with Crippen molar-refractivity contribution in [3.63, 3.8) is 0 Å². The minimum absolute atomic E-state index is 0.0165. The maximum absolute atomic E-state index is 12.3. The second kappa shape index (κ2) is 7.05. The quantitative estimate of drug-likeness (QED) is 0.925. The molecule has 1 aliphatic heterocycles. The monoisotopic (exact) mass is 346 g/mol. The van der Waals surface area contributed by atoms with E-state index in [2.05, 4.69) is 10.4 Å². The minimum atomic E-state index is -0.0782. The third-order valence-corrected chi connectivity index (χ3v) is 4.32. The first-order valence-electron chi connectivity index (χ1n) is 7.89. The van der Waals surface area contributed by atoms with Crippen LogP contribution in [-0.4, -0.2) is 28.1 Å². The minimum Gasteiger partial charge on any atom is -0.349 e. The third kappa shape index (κ3) is 3.59. The summed E-state index contributed by atoms with van der Waals surface area (Å²) in [5.74, 6) is -0.0273. The van der Waals surface area contributed by atoms with Crippen molar-refractivity contribution in [1.29, 1.82) is 0 Å². The van der Waals surface area contributed by atoms with Gasteiger partial charge in [-0.2, -0.15) is 5.10 Å². The Kier molecular flexibility index (Phi) is 4.85. The van der Waals surface area contributed by atoms with Crippen molar-refractivity contribution >= 4 is 29.1 Å². The fourth-order valence-electron chi connectivity index (χ4n) is 2.98. The molecule has 1 atom stereocenters. The number of carbonyl (C=O) groups is 2. The van der Waals surface area contributed by atoms with Crippen molar-refractivity contribution < 1.29 is 9.59 Å². The molecule has 1 aliphatic rings. The van der Waals surface area contributed by atoms with Gasteiger partial charge in [0.15, 0.2) is 0 Å².